The van der Waals surface area contributed by atoms with Crippen molar-refractivity contribution in [3.05, 3.63) is 46.4 Å². The topological polar surface area (TPSA) is 43.6 Å². The fourth-order valence-corrected chi connectivity index (χ4v) is 4.36. The third kappa shape index (κ3) is 3.25. The Balaban J connectivity index is 1.69. The normalized spacial score (nSPS) is 10.9. The van der Waals surface area contributed by atoms with Crippen LogP contribution in [0.2, 0.25) is 0 Å². The summed E-state index contributed by atoms with van der Waals surface area (Å²) >= 11 is 5.04. The van der Waals surface area contributed by atoms with Gasteiger partial charge in [-0.05, 0) is 18.4 Å². The van der Waals surface area contributed by atoms with Crippen molar-refractivity contribution in [3.8, 4) is 10.6 Å². The van der Waals surface area contributed by atoms with E-state index in [9.17, 15) is 0 Å². The van der Waals surface area contributed by atoms with E-state index in [-0.39, 0.29) is 0 Å². The molecule has 0 aromatic carbocycles. The van der Waals surface area contributed by atoms with Gasteiger partial charge >= 0.3 is 0 Å². The molecule has 21 heavy (non-hydrogen) atoms. The standard InChI is InChI=1S/C14H14N4S3/c1-3-5-18-10(2)16-17-14(18)21-9-12-8-20-13(15-12)11-4-6-19-7-11/h3-4,6-8H,1,5,9H2,2H3. The Morgan fingerprint density at radius 1 is 1.38 bits per heavy atom. The highest BCUT2D eigenvalue weighted by Crippen LogP contribution is 2.28. The van der Waals surface area contributed by atoms with Gasteiger partial charge in [-0.1, -0.05) is 17.8 Å². The van der Waals surface area contributed by atoms with Crippen LogP contribution in [0, 0.1) is 6.92 Å². The predicted molar refractivity (Wildman–Crippen MR) is 89.9 cm³/mol. The lowest BCUT2D eigenvalue weighted by Crippen LogP contribution is -2.00. The fraction of sp³-hybridized carbons (Fsp3) is 0.214. The molecule has 3 aromatic rings. The number of allylic oxidation sites excluding steroid dienone is 1. The second-order valence-corrected chi connectivity index (χ2v) is 6.95. The second-order valence-electron chi connectivity index (χ2n) is 4.37. The first-order valence-corrected chi connectivity index (χ1v) is 9.19. The molecule has 3 rings (SSSR count). The van der Waals surface area contributed by atoms with Crippen molar-refractivity contribution < 1.29 is 0 Å². The average molecular weight is 334 g/mol. The highest BCUT2D eigenvalue weighted by atomic mass is 32.2. The first-order valence-electron chi connectivity index (χ1n) is 6.38. The molecular formula is C14H14N4S3. The molecule has 0 N–H and O–H groups in total. The maximum Gasteiger partial charge on any atom is 0.191 e. The third-order valence-corrected chi connectivity index (χ3v) is 5.51. The summed E-state index contributed by atoms with van der Waals surface area (Å²) in [7, 11) is 0. The zero-order valence-corrected chi connectivity index (χ0v) is 14.0. The van der Waals surface area contributed by atoms with E-state index in [1.807, 2.05) is 13.0 Å². The Kier molecular flexibility index (Phi) is 4.52. The van der Waals surface area contributed by atoms with Crippen molar-refractivity contribution in [3.63, 3.8) is 0 Å². The second kappa shape index (κ2) is 6.55. The molecule has 0 radical (unpaired) electrons. The Labute approximate surface area is 135 Å². The van der Waals surface area contributed by atoms with E-state index in [2.05, 4.69) is 48.5 Å². The van der Waals surface area contributed by atoms with Gasteiger partial charge in [0.25, 0.3) is 0 Å². The number of nitrogens with zero attached hydrogens (tertiary/aromatic N) is 4. The lowest BCUT2D eigenvalue weighted by molar-refractivity contribution is 0.703. The molecule has 0 unspecified atom stereocenters. The van der Waals surface area contributed by atoms with E-state index in [0.717, 1.165) is 34.0 Å². The van der Waals surface area contributed by atoms with Crippen LogP contribution in [0.25, 0.3) is 10.6 Å². The highest BCUT2D eigenvalue weighted by molar-refractivity contribution is 7.98. The van der Waals surface area contributed by atoms with Gasteiger partial charge in [0.1, 0.15) is 10.8 Å². The molecule has 0 aliphatic rings. The summed E-state index contributed by atoms with van der Waals surface area (Å²) in [6.45, 7) is 6.46. The first kappa shape index (κ1) is 14.5. The molecule has 7 heteroatoms. The Morgan fingerprint density at radius 2 is 2.29 bits per heavy atom. The maximum atomic E-state index is 4.68. The summed E-state index contributed by atoms with van der Waals surface area (Å²) < 4.78 is 2.06. The molecule has 108 valence electrons. The summed E-state index contributed by atoms with van der Waals surface area (Å²) in [6, 6.07) is 2.10. The zero-order valence-electron chi connectivity index (χ0n) is 11.5. The first-order chi connectivity index (χ1) is 10.3. The molecular weight excluding hydrogens is 320 g/mol. The number of thiophene rings is 1. The number of aryl methyl sites for hydroxylation is 1. The Morgan fingerprint density at radius 3 is 3.05 bits per heavy atom. The zero-order chi connectivity index (χ0) is 14.7. The van der Waals surface area contributed by atoms with Crippen molar-refractivity contribution in [2.45, 2.75) is 24.4 Å². The number of rotatable bonds is 6. The number of hydrogen-bond acceptors (Lipinski definition) is 6. The van der Waals surface area contributed by atoms with Crippen LogP contribution in [0.4, 0.5) is 0 Å². The fourth-order valence-electron chi connectivity index (χ4n) is 1.84. The highest BCUT2D eigenvalue weighted by Gasteiger charge is 2.10. The third-order valence-electron chi connectivity index (χ3n) is 2.88. The smallest absolute Gasteiger partial charge is 0.191 e. The van der Waals surface area contributed by atoms with Crippen LogP contribution in [-0.2, 0) is 12.3 Å². The lowest BCUT2D eigenvalue weighted by atomic mass is 10.4. The quantitative estimate of drug-likeness (QED) is 0.499. The summed E-state index contributed by atoms with van der Waals surface area (Å²) in [4.78, 5) is 4.68. The monoisotopic (exact) mass is 334 g/mol. The van der Waals surface area contributed by atoms with Crippen LogP contribution in [-0.4, -0.2) is 19.7 Å². The molecule has 0 saturated carbocycles. The van der Waals surface area contributed by atoms with Crippen molar-refractivity contribution in [1.29, 1.82) is 0 Å². The molecule has 0 atom stereocenters. The van der Waals surface area contributed by atoms with Gasteiger partial charge in [0.2, 0.25) is 0 Å². The van der Waals surface area contributed by atoms with Gasteiger partial charge in [-0.25, -0.2) is 4.98 Å². The number of aromatic nitrogens is 4. The SMILES string of the molecule is C=CCn1c(C)nnc1SCc1csc(-c2ccsc2)n1. The molecule has 0 spiro atoms. The number of thiazole rings is 1. The maximum absolute atomic E-state index is 4.68. The van der Waals surface area contributed by atoms with Crippen LogP contribution in [0.1, 0.15) is 11.5 Å². The molecule has 0 saturated heterocycles. The van der Waals surface area contributed by atoms with E-state index in [0.29, 0.717) is 0 Å². The molecule has 0 aliphatic carbocycles. The van der Waals surface area contributed by atoms with Gasteiger partial charge in [0, 0.05) is 28.6 Å². The van der Waals surface area contributed by atoms with E-state index in [4.69, 9.17) is 0 Å². The van der Waals surface area contributed by atoms with Gasteiger partial charge < -0.3 is 4.57 Å². The van der Waals surface area contributed by atoms with Crippen LogP contribution >= 0.6 is 34.4 Å². The van der Waals surface area contributed by atoms with Crippen LogP contribution in [0.3, 0.4) is 0 Å². The Bertz CT molecular complexity index is 727. The van der Waals surface area contributed by atoms with Crippen molar-refractivity contribution in [1.82, 2.24) is 19.7 Å². The molecule has 3 heterocycles. The van der Waals surface area contributed by atoms with Gasteiger partial charge in [0.15, 0.2) is 5.16 Å². The van der Waals surface area contributed by atoms with E-state index in [1.54, 1.807) is 34.4 Å². The van der Waals surface area contributed by atoms with Crippen LogP contribution < -0.4 is 0 Å². The minimum atomic E-state index is 0.735. The largest absolute Gasteiger partial charge is 0.302 e. The molecule has 0 fully saturated rings. The van der Waals surface area contributed by atoms with Crippen molar-refractivity contribution >= 4 is 34.4 Å². The number of hydrogen-bond donors (Lipinski definition) is 0. The van der Waals surface area contributed by atoms with Crippen LogP contribution in [0.15, 0.2) is 40.0 Å². The minimum Gasteiger partial charge on any atom is -0.302 e. The van der Waals surface area contributed by atoms with E-state index < -0.39 is 0 Å². The van der Waals surface area contributed by atoms with Gasteiger partial charge in [-0.15, -0.1) is 28.1 Å². The number of thioether (sulfide) groups is 1. The van der Waals surface area contributed by atoms with E-state index >= 15 is 0 Å². The molecule has 0 aliphatic heterocycles. The summed E-state index contributed by atoms with van der Waals surface area (Å²) in [6.07, 6.45) is 1.86. The van der Waals surface area contributed by atoms with Gasteiger partial charge in [0.05, 0.1) is 5.69 Å². The van der Waals surface area contributed by atoms with E-state index in [1.165, 1.54) is 5.56 Å². The summed E-state index contributed by atoms with van der Waals surface area (Å²) in [5.74, 6) is 1.71. The van der Waals surface area contributed by atoms with Crippen LogP contribution in [0.5, 0.6) is 0 Å². The lowest BCUT2D eigenvalue weighted by Gasteiger charge is -2.03. The van der Waals surface area contributed by atoms with Crippen molar-refractivity contribution in [2.24, 2.45) is 0 Å². The average Bonchev–Trinajstić information content (AvgIpc) is 3.19. The molecule has 3 aromatic heterocycles. The van der Waals surface area contributed by atoms with Gasteiger partial charge in [-0.2, -0.15) is 11.3 Å². The van der Waals surface area contributed by atoms with Gasteiger partial charge in [-0.3, -0.25) is 0 Å². The molecule has 0 amide bonds. The minimum absolute atomic E-state index is 0.735. The van der Waals surface area contributed by atoms with Crippen molar-refractivity contribution in [2.75, 3.05) is 0 Å². The molecule has 4 nitrogen and oxygen atoms in total. The predicted octanol–water partition coefficient (Wildman–Crippen LogP) is 4.25. The summed E-state index contributed by atoms with van der Waals surface area (Å²) in [5.41, 5.74) is 2.28. The Hall–Kier alpha value is -1.44. The summed E-state index contributed by atoms with van der Waals surface area (Å²) in [5, 5.41) is 16.6. The molecule has 0 bridgehead atoms.